The van der Waals surface area contributed by atoms with Crippen molar-refractivity contribution in [2.45, 2.75) is 268 Å². The Kier molecular flexibility index (Phi) is 35.3. The monoisotopic (exact) mass is 1640 g/mol. The molecule has 104 heavy (non-hydrogen) atoms. The molecule has 13 nitrogen and oxygen atoms in total. The topological polar surface area (TPSA) is 183 Å². The molecule has 0 aromatic heterocycles. The van der Waals surface area contributed by atoms with E-state index in [0.717, 1.165) is 193 Å². The molecule has 14 atom stereocenters. The van der Waals surface area contributed by atoms with Gasteiger partial charge < -0.3 is 34.6 Å². The van der Waals surface area contributed by atoms with Crippen LogP contribution in [0.3, 0.4) is 0 Å². The number of ether oxygens (including phenoxy) is 3. The Labute approximate surface area is 632 Å². The number of aliphatic hydroxyl groups is 2. The van der Waals surface area contributed by atoms with Gasteiger partial charge >= 0.3 is 36.1 Å². The summed E-state index contributed by atoms with van der Waals surface area (Å²) in [6.45, 7) is 12.2. The number of morpholine rings is 2. The lowest BCUT2D eigenvalue weighted by atomic mass is 9.52. The molecular formula is C78H119F10IN2O11S2. The maximum absolute atomic E-state index is 13.0. The van der Waals surface area contributed by atoms with Gasteiger partial charge in [0.05, 0.1) is 51.5 Å². The third kappa shape index (κ3) is 25.1. The van der Waals surface area contributed by atoms with Crippen LogP contribution in [0, 0.1) is 46.3 Å². The van der Waals surface area contributed by atoms with E-state index < -0.39 is 77.4 Å². The van der Waals surface area contributed by atoms with Gasteiger partial charge in [-0.05, 0) is 207 Å². The van der Waals surface area contributed by atoms with Crippen molar-refractivity contribution >= 4 is 57.5 Å². The van der Waals surface area contributed by atoms with Crippen molar-refractivity contribution in [3.8, 4) is 11.5 Å². The minimum Gasteiger partial charge on any atom is -0.508 e. The highest BCUT2D eigenvalue weighted by Crippen LogP contribution is 2.65. The third-order valence-electron chi connectivity index (χ3n) is 24.8. The molecule has 0 bridgehead atoms. The van der Waals surface area contributed by atoms with Gasteiger partial charge in [0.2, 0.25) is 0 Å². The molecule has 596 valence electrons. The highest BCUT2D eigenvalue weighted by atomic mass is 127. The summed E-state index contributed by atoms with van der Waals surface area (Å²) in [5.74, 6) is -4.71. The van der Waals surface area contributed by atoms with Gasteiger partial charge in [-0.3, -0.25) is 27.8 Å². The highest BCUT2D eigenvalue weighted by Gasteiger charge is 2.60. The van der Waals surface area contributed by atoms with Crippen LogP contribution in [0.1, 0.15) is 241 Å². The number of carboxylic acid groups (broad SMARTS) is 1. The van der Waals surface area contributed by atoms with Gasteiger partial charge in [-0.2, -0.15) is 43.9 Å². The Balaban J connectivity index is 0.000000255. The maximum atomic E-state index is 13.0. The molecule has 4 saturated carbocycles. The number of hydrogen-bond donors (Lipinski definition) is 4. The van der Waals surface area contributed by atoms with E-state index in [4.69, 9.17) is 19.3 Å². The van der Waals surface area contributed by atoms with Crippen molar-refractivity contribution < 1.29 is 96.5 Å². The van der Waals surface area contributed by atoms with Crippen LogP contribution in [0.4, 0.5) is 43.9 Å². The number of aliphatic carboxylic acids is 1. The van der Waals surface area contributed by atoms with Gasteiger partial charge in [0.25, 0.3) is 0 Å². The number of alkyl halides is 10. The Morgan fingerprint density at radius 2 is 0.913 bits per heavy atom. The minimum absolute atomic E-state index is 0. The zero-order valence-electron chi connectivity index (χ0n) is 61.3. The summed E-state index contributed by atoms with van der Waals surface area (Å²) in [5.41, 5.74) is 5.40. The van der Waals surface area contributed by atoms with Crippen molar-refractivity contribution in [3.05, 3.63) is 58.7 Å². The maximum Gasteiger partial charge on any atom is 0.453 e. The SMILES string of the molecule is C[C@]12CC[C@@H]3c4ccc(O)cc4C[C@@H](CCCCCCCCCS(=O)CCCC(F)(F)C(F)(F)F)[C@H]3[C@@H]1CC[C@@H]2O.C[C@]12CC[C@@H]3c4ccc(OC(=O)CCN5CCOCC5)cc4C[C@@H](CCCCCCCCCS(=O)CCCC(F)(F)C(F)(F)F)[C@H]3[C@@H]1CC[C@@H]2O.I.O=C(O)CCN1CCOCC1. The number of halogens is 11. The summed E-state index contributed by atoms with van der Waals surface area (Å²) in [6.07, 6.45) is 12.1. The van der Waals surface area contributed by atoms with Crippen molar-refractivity contribution in [2.75, 3.05) is 88.7 Å². The Morgan fingerprint density at radius 3 is 1.34 bits per heavy atom. The van der Waals surface area contributed by atoms with E-state index in [1.165, 1.54) is 22.3 Å². The molecule has 2 aliphatic heterocycles. The number of fused-ring (bicyclic) bond motifs is 10. The third-order valence-corrected chi connectivity index (χ3v) is 27.8. The first-order chi connectivity index (χ1) is 48.9. The number of carbonyl (C=O) groups is 2. The second kappa shape index (κ2) is 41.5. The molecular weight excluding hydrogens is 1520 g/mol. The van der Waals surface area contributed by atoms with E-state index in [0.29, 0.717) is 116 Å². The van der Waals surface area contributed by atoms with Crippen molar-refractivity contribution in [3.63, 3.8) is 0 Å². The molecule has 2 heterocycles. The summed E-state index contributed by atoms with van der Waals surface area (Å²) in [6, 6.07) is 12.2. The molecule has 0 amide bonds. The number of hydrogen-bond acceptors (Lipinski definition) is 12. The van der Waals surface area contributed by atoms with Crippen molar-refractivity contribution in [2.24, 2.45) is 46.3 Å². The van der Waals surface area contributed by atoms with E-state index >= 15 is 0 Å². The molecule has 8 aliphatic rings. The molecule has 2 aromatic rings. The van der Waals surface area contributed by atoms with Crippen LogP contribution in [-0.4, -0.2) is 176 Å². The molecule has 2 aromatic carbocycles. The van der Waals surface area contributed by atoms with Crippen LogP contribution in [0.2, 0.25) is 0 Å². The number of benzene rings is 2. The number of carbonyl (C=O) groups excluding carboxylic acids is 1. The fourth-order valence-electron chi connectivity index (χ4n) is 19.0. The van der Waals surface area contributed by atoms with Gasteiger partial charge in [0.15, 0.2) is 0 Å². The Morgan fingerprint density at radius 1 is 0.529 bits per heavy atom. The predicted molar refractivity (Wildman–Crippen MR) is 396 cm³/mol. The van der Waals surface area contributed by atoms with Gasteiger partial charge in [0, 0.05) is 96.7 Å². The number of rotatable bonds is 35. The first-order valence-corrected chi connectivity index (χ1v) is 41.8. The zero-order valence-corrected chi connectivity index (χ0v) is 65.3. The van der Waals surface area contributed by atoms with Gasteiger partial charge in [-0.15, -0.1) is 24.0 Å². The van der Waals surface area contributed by atoms with Crippen LogP contribution < -0.4 is 4.74 Å². The van der Waals surface area contributed by atoms with Crippen LogP contribution in [0.15, 0.2) is 36.4 Å². The van der Waals surface area contributed by atoms with Crippen LogP contribution >= 0.6 is 24.0 Å². The number of phenols is 1. The number of unbranched alkanes of at least 4 members (excludes halogenated alkanes) is 12. The lowest BCUT2D eigenvalue weighted by molar-refractivity contribution is -0.284. The molecule has 10 rings (SSSR count). The largest absolute Gasteiger partial charge is 0.508 e. The lowest BCUT2D eigenvalue weighted by Crippen LogP contribution is -2.47. The van der Waals surface area contributed by atoms with E-state index in [2.05, 4.69) is 41.8 Å². The molecule has 2 saturated heterocycles. The number of aliphatic hydroxyl groups excluding tert-OH is 2. The second-order valence-corrected chi connectivity index (χ2v) is 35.0. The highest BCUT2D eigenvalue weighted by molar-refractivity contribution is 14.0. The molecule has 4 N–H and O–H groups in total. The standard InChI is InChI=1S/C39H58F5NO5S.C32H47F5O3S.C7H13NO3.HI/c1-37-18-15-32-31-12-11-30(50-35(47)16-19-45-20-22-49-23-21-45)27-29(31)26-28(36(32)33(37)13-14-34(37)46)10-7-5-3-2-4-6-8-24-51(48)25-9-17-38(40,41)39(42,43)44;1-30-17-15-26-25-12-11-24(38)21-23(25)20-22(29(26)27(30)13-14-28(30)39)10-7-5-3-2-4-6-8-18-41(40)19-9-16-31(33,34)32(35,36)37;9-7(10)1-2-8-3-5-11-6-4-8;/h11-12,27-28,32-34,36,46H,2-10,13-26H2,1H3;11-12,21-22,26-29,38-39H,2-10,13-20H2,1H3;1-6H2,(H,9,10);1H/t28-,32-,33+,34+,36-,37+,51?;22-,26-,27+,28+,29-,30+,41?;;/m11../s1. The second-order valence-electron chi connectivity index (χ2n) is 31.6. The molecule has 26 heteroatoms. The first-order valence-electron chi connectivity index (χ1n) is 38.8. The van der Waals surface area contributed by atoms with Crippen LogP contribution in [0.5, 0.6) is 11.5 Å². The van der Waals surface area contributed by atoms with Gasteiger partial charge in [0.1, 0.15) is 11.5 Å². The lowest BCUT2D eigenvalue weighted by Gasteiger charge is -2.53. The van der Waals surface area contributed by atoms with Gasteiger partial charge in [-0.1, -0.05) is 103 Å². The predicted octanol–water partition coefficient (Wildman–Crippen LogP) is 17.7. The average molecular weight is 1640 g/mol. The van der Waals surface area contributed by atoms with Crippen molar-refractivity contribution in [1.29, 1.82) is 0 Å². The number of carboxylic acids is 1. The molecule has 0 radical (unpaired) electrons. The summed E-state index contributed by atoms with van der Waals surface area (Å²) < 4.78 is 166. The fraction of sp³-hybridized carbons (Fsp3) is 0.821. The normalized spacial score (nSPS) is 28.3. The van der Waals surface area contributed by atoms with E-state index in [1.807, 2.05) is 18.2 Å². The average Bonchev–Trinajstić information content (AvgIpc) is 0.859. The summed E-state index contributed by atoms with van der Waals surface area (Å²) in [5, 5.41) is 40.4. The molecule has 6 aliphatic carbocycles. The van der Waals surface area contributed by atoms with Crippen LogP contribution in [0.25, 0.3) is 0 Å². The quantitative estimate of drug-likeness (QED) is 0.0168. The summed E-state index contributed by atoms with van der Waals surface area (Å²) in [4.78, 5) is 27.3. The molecule has 6 fully saturated rings. The summed E-state index contributed by atoms with van der Waals surface area (Å²) in [7, 11) is -2.73. The smallest absolute Gasteiger partial charge is 0.453 e. The zero-order chi connectivity index (χ0) is 74.6. The van der Waals surface area contributed by atoms with E-state index in [1.54, 1.807) is 0 Å². The number of aromatic hydroxyl groups is 1. The Bertz CT molecular complexity index is 3000. The number of phenolic OH excluding ortho intramolecular Hbond substituents is 1. The van der Waals surface area contributed by atoms with Crippen molar-refractivity contribution in [1.82, 2.24) is 9.80 Å². The molecule has 0 spiro atoms. The minimum atomic E-state index is -5.55. The van der Waals surface area contributed by atoms with Gasteiger partial charge in [-0.25, -0.2) is 0 Å². The first kappa shape index (κ1) is 88.5. The van der Waals surface area contributed by atoms with Crippen LogP contribution in [-0.2, 0) is 53.5 Å². The van der Waals surface area contributed by atoms with E-state index in [-0.39, 0.29) is 70.9 Å². The number of esters is 1. The Hall–Kier alpha value is -2.73. The summed E-state index contributed by atoms with van der Waals surface area (Å²) >= 11 is 0. The van der Waals surface area contributed by atoms with E-state index in [9.17, 15) is 77.2 Å². The fourth-order valence-corrected chi connectivity index (χ4v) is 21.3. The molecule has 2 unspecified atom stereocenters. The number of nitrogens with zero attached hydrogens (tertiary/aromatic N) is 2.